The lowest BCUT2D eigenvalue weighted by atomic mass is 10.1. The van der Waals surface area contributed by atoms with Gasteiger partial charge in [0.15, 0.2) is 5.78 Å². The molecule has 0 radical (unpaired) electrons. The Labute approximate surface area is 214 Å². The molecule has 1 aliphatic heterocycles. The van der Waals surface area contributed by atoms with Gasteiger partial charge in [0.2, 0.25) is 0 Å². The van der Waals surface area contributed by atoms with Gasteiger partial charge in [0.05, 0.1) is 30.7 Å². The van der Waals surface area contributed by atoms with Gasteiger partial charge in [0.1, 0.15) is 6.61 Å². The maximum atomic E-state index is 13.5. The summed E-state index contributed by atoms with van der Waals surface area (Å²) in [5.74, 6) is -0.360. The topological polar surface area (TPSA) is 93.8 Å². The van der Waals surface area contributed by atoms with Crippen LogP contribution in [0.4, 0.5) is 5.69 Å². The van der Waals surface area contributed by atoms with Crippen LogP contribution in [0.25, 0.3) is 10.9 Å². The number of aliphatic hydroxyl groups excluding tert-OH is 1. The molecule has 1 fully saturated rings. The number of ketones is 1. The zero-order valence-electron chi connectivity index (χ0n) is 20.5. The van der Waals surface area contributed by atoms with Gasteiger partial charge in [-0.05, 0) is 41.8 Å². The molecule has 5 rings (SSSR count). The average molecular weight is 500 g/mol. The number of hydrogen-bond donors (Lipinski definition) is 1. The van der Waals surface area contributed by atoms with Crippen molar-refractivity contribution < 1.29 is 14.6 Å². The largest absolute Gasteiger partial charge is 0.388 e. The van der Waals surface area contributed by atoms with Crippen molar-refractivity contribution >= 4 is 22.4 Å². The lowest BCUT2D eigenvalue weighted by Crippen LogP contribution is -2.40. The number of para-hydroxylation sites is 1. The van der Waals surface area contributed by atoms with Gasteiger partial charge in [-0.25, -0.2) is 4.79 Å². The van der Waals surface area contributed by atoms with Crippen molar-refractivity contribution in [1.29, 1.82) is 0 Å². The summed E-state index contributed by atoms with van der Waals surface area (Å²) in [4.78, 5) is 40.8. The molecule has 1 aliphatic rings. The molecule has 1 N–H and O–H groups in total. The van der Waals surface area contributed by atoms with E-state index in [1.165, 1.54) is 4.57 Å². The van der Waals surface area contributed by atoms with Crippen LogP contribution in [0, 0.1) is 0 Å². The van der Waals surface area contributed by atoms with Crippen molar-refractivity contribution in [3.63, 3.8) is 0 Å². The van der Waals surface area contributed by atoms with Crippen molar-refractivity contribution in [2.45, 2.75) is 19.5 Å². The molecule has 0 atom stereocenters. The van der Waals surface area contributed by atoms with Crippen LogP contribution >= 0.6 is 0 Å². The van der Waals surface area contributed by atoms with Gasteiger partial charge >= 0.3 is 5.69 Å². The molecule has 37 heavy (non-hydrogen) atoms. The van der Waals surface area contributed by atoms with E-state index in [0.29, 0.717) is 22.9 Å². The molecule has 4 aromatic rings. The first-order valence-corrected chi connectivity index (χ1v) is 12.4. The summed E-state index contributed by atoms with van der Waals surface area (Å²) < 4.78 is 8.33. The number of morpholine rings is 1. The molecular formula is C29H29N3O5. The monoisotopic (exact) mass is 499 g/mol. The van der Waals surface area contributed by atoms with Crippen molar-refractivity contribution in [2.75, 3.05) is 37.8 Å². The summed E-state index contributed by atoms with van der Waals surface area (Å²) in [6.07, 6.45) is 0.550. The smallest absolute Gasteiger partial charge is 0.331 e. The third kappa shape index (κ3) is 5.26. The fourth-order valence-corrected chi connectivity index (χ4v) is 4.73. The fourth-order valence-electron chi connectivity index (χ4n) is 4.73. The van der Waals surface area contributed by atoms with Crippen LogP contribution in [0.5, 0.6) is 0 Å². The molecular weight excluding hydrogens is 470 g/mol. The molecule has 0 aliphatic carbocycles. The zero-order chi connectivity index (χ0) is 25.8. The number of aromatic nitrogens is 2. The SMILES string of the molecule is O=C(CO)c1ccc(Cn2c(=O)n(CCc3ccc(N4CCOCC4)cc3)c(=O)c3ccccc32)cc1. The van der Waals surface area contributed by atoms with Crippen LogP contribution in [0.1, 0.15) is 21.5 Å². The minimum absolute atomic E-state index is 0.251. The summed E-state index contributed by atoms with van der Waals surface area (Å²) >= 11 is 0. The summed E-state index contributed by atoms with van der Waals surface area (Å²) in [7, 11) is 0. The first-order chi connectivity index (χ1) is 18.0. The predicted octanol–water partition coefficient (Wildman–Crippen LogP) is 2.47. The highest BCUT2D eigenvalue weighted by Gasteiger charge is 2.15. The minimum Gasteiger partial charge on any atom is -0.388 e. The standard InChI is InChI=1S/C29H29N3O5/c33-20-27(34)23-9-5-22(6-10-23)19-32-26-4-2-1-3-25(26)28(35)31(29(32)36)14-13-21-7-11-24(12-8-21)30-15-17-37-18-16-30/h1-12,33H,13-20H2. The number of hydrogen-bond acceptors (Lipinski definition) is 6. The van der Waals surface area contributed by atoms with Gasteiger partial charge in [0, 0.05) is 30.9 Å². The highest BCUT2D eigenvalue weighted by molar-refractivity contribution is 5.96. The number of ether oxygens (including phenoxy) is 1. The molecule has 0 bridgehead atoms. The molecule has 1 aromatic heterocycles. The molecule has 1 saturated heterocycles. The second-order valence-corrected chi connectivity index (χ2v) is 9.14. The molecule has 0 spiro atoms. The van der Waals surface area contributed by atoms with E-state index >= 15 is 0 Å². The molecule has 8 nitrogen and oxygen atoms in total. The van der Waals surface area contributed by atoms with E-state index in [2.05, 4.69) is 17.0 Å². The maximum absolute atomic E-state index is 13.5. The van der Waals surface area contributed by atoms with Crippen LogP contribution in [-0.2, 0) is 24.2 Å². The van der Waals surface area contributed by atoms with E-state index in [4.69, 9.17) is 9.84 Å². The lowest BCUT2D eigenvalue weighted by Gasteiger charge is -2.28. The first-order valence-electron chi connectivity index (χ1n) is 12.4. The average Bonchev–Trinajstić information content (AvgIpc) is 2.96. The second-order valence-electron chi connectivity index (χ2n) is 9.14. The van der Waals surface area contributed by atoms with E-state index < -0.39 is 6.61 Å². The highest BCUT2D eigenvalue weighted by Crippen LogP contribution is 2.17. The Balaban J connectivity index is 1.41. The molecule has 2 heterocycles. The summed E-state index contributed by atoms with van der Waals surface area (Å²) in [5.41, 5.74) is 3.31. The summed E-state index contributed by atoms with van der Waals surface area (Å²) in [6, 6.07) is 22.2. The van der Waals surface area contributed by atoms with Gasteiger partial charge in [-0.1, -0.05) is 48.5 Å². The third-order valence-corrected chi connectivity index (χ3v) is 6.83. The number of benzene rings is 3. The normalized spacial score (nSPS) is 13.7. The Morgan fingerprint density at radius 2 is 1.51 bits per heavy atom. The number of Topliss-reactive ketones (excluding diaryl/α,β-unsaturated/α-hetero) is 1. The van der Waals surface area contributed by atoms with Gasteiger partial charge < -0.3 is 14.7 Å². The van der Waals surface area contributed by atoms with Crippen molar-refractivity contribution in [1.82, 2.24) is 9.13 Å². The van der Waals surface area contributed by atoms with E-state index in [-0.39, 0.29) is 30.1 Å². The van der Waals surface area contributed by atoms with Crippen LogP contribution < -0.4 is 16.1 Å². The number of carbonyl (C=O) groups is 1. The number of carbonyl (C=O) groups excluding carboxylic acids is 1. The van der Waals surface area contributed by atoms with Crippen LogP contribution in [0.15, 0.2) is 82.4 Å². The van der Waals surface area contributed by atoms with Crippen LogP contribution in [0.3, 0.4) is 0 Å². The number of nitrogens with zero attached hydrogens (tertiary/aromatic N) is 3. The number of rotatable bonds is 8. The van der Waals surface area contributed by atoms with Gasteiger partial charge in [-0.3, -0.25) is 18.7 Å². The first kappa shape index (κ1) is 24.7. The zero-order valence-corrected chi connectivity index (χ0v) is 20.5. The van der Waals surface area contributed by atoms with Crippen LogP contribution in [-0.4, -0.2) is 52.9 Å². The second kappa shape index (κ2) is 10.9. The van der Waals surface area contributed by atoms with E-state index in [9.17, 15) is 14.4 Å². The predicted molar refractivity (Wildman–Crippen MR) is 143 cm³/mol. The number of aryl methyl sites for hydroxylation is 1. The Hall–Kier alpha value is -4.01. The highest BCUT2D eigenvalue weighted by atomic mass is 16.5. The molecule has 0 saturated carbocycles. The van der Waals surface area contributed by atoms with E-state index in [0.717, 1.165) is 43.1 Å². The molecule has 0 amide bonds. The van der Waals surface area contributed by atoms with Gasteiger partial charge in [0.25, 0.3) is 5.56 Å². The Morgan fingerprint density at radius 3 is 2.22 bits per heavy atom. The quantitative estimate of drug-likeness (QED) is 0.375. The summed E-state index contributed by atoms with van der Waals surface area (Å²) in [6.45, 7) is 3.15. The lowest BCUT2D eigenvalue weighted by molar-refractivity contribution is 0.0903. The van der Waals surface area contributed by atoms with E-state index in [1.807, 2.05) is 12.1 Å². The molecule has 3 aromatic carbocycles. The molecule has 8 heteroatoms. The number of aliphatic hydroxyl groups is 1. The van der Waals surface area contributed by atoms with Crippen molar-refractivity contribution in [2.24, 2.45) is 0 Å². The number of anilines is 1. The van der Waals surface area contributed by atoms with Crippen LogP contribution in [0.2, 0.25) is 0 Å². The minimum atomic E-state index is -0.551. The Morgan fingerprint density at radius 1 is 0.838 bits per heavy atom. The Bertz CT molecular complexity index is 1510. The maximum Gasteiger partial charge on any atom is 0.331 e. The van der Waals surface area contributed by atoms with Crippen molar-refractivity contribution in [3.05, 3.63) is 110 Å². The van der Waals surface area contributed by atoms with Crippen molar-refractivity contribution in [3.8, 4) is 0 Å². The fraction of sp³-hybridized carbons (Fsp3) is 0.276. The van der Waals surface area contributed by atoms with Gasteiger partial charge in [-0.2, -0.15) is 0 Å². The van der Waals surface area contributed by atoms with Gasteiger partial charge in [-0.15, -0.1) is 0 Å². The summed E-state index contributed by atoms with van der Waals surface area (Å²) in [5, 5.41) is 9.56. The Kier molecular flexibility index (Phi) is 7.30. The third-order valence-electron chi connectivity index (χ3n) is 6.83. The number of fused-ring (bicyclic) bond motifs is 1. The van der Waals surface area contributed by atoms with E-state index in [1.54, 1.807) is 53.1 Å². The molecule has 190 valence electrons. The molecule has 0 unspecified atom stereocenters.